The van der Waals surface area contributed by atoms with E-state index >= 15 is 0 Å². The molecule has 1 unspecified atom stereocenters. The second-order valence-electron chi connectivity index (χ2n) is 3.34. The Kier molecular flexibility index (Phi) is 5.05. The number of benzene rings is 1. The molecule has 0 fully saturated rings. The summed E-state index contributed by atoms with van der Waals surface area (Å²) in [5.74, 6) is -0.381. The van der Waals surface area contributed by atoms with Gasteiger partial charge in [-0.15, -0.1) is 0 Å². The van der Waals surface area contributed by atoms with Crippen LogP contribution in [0.2, 0.25) is 0 Å². The Balaban J connectivity index is 2.63. The van der Waals surface area contributed by atoms with Gasteiger partial charge in [0.1, 0.15) is 11.6 Å². The van der Waals surface area contributed by atoms with Crippen molar-refractivity contribution in [2.24, 2.45) is 0 Å². The summed E-state index contributed by atoms with van der Waals surface area (Å²) in [4.78, 5) is 0. The summed E-state index contributed by atoms with van der Waals surface area (Å²) < 4.78 is 26.4. The molecular formula is C11H14F2OS. The van der Waals surface area contributed by atoms with Crippen LogP contribution in [0.4, 0.5) is 8.78 Å². The summed E-state index contributed by atoms with van der Waals surface area (Å²) in [6.45, 7) is 0. The summed E-state index contributed by atoms with van der Waals surface area (Å²) in [5.41, 5.74) is -0.0221. The van der Waals surface area contributed by atoms with Crippen molar-refractivity contribution in [3.05, 3.63) is 35.4 Å². The molecule has 0 aromatic heterocycles. The van der Waals surface area contributed by atoms with Crippen LogP contribution in [0.5, 0.6) is 0 Å². The molecule has 1 N–H and O–H groups in total. The summed E-state index contributed by atoms with van der Waals surface area (Å²) in [7, 11) is 0. The third-order valence-electron chi connectivity index (χ3n) is 2.16. The molecule has 0 aliphatic carbocycles. The van der Waals surface area contributed by atoms with E-state index < -0.39 is 17.7 Å². The van der Waals surface area contributed by atoms with Crippen molar-refractivity contribution in [1.29, 1.82) is 0 Å². The average Bonchev–Trinajstić information content (AvgIpc) is 2.21. The van der Waals surface area contributed by atoms with Crippen LogP contribution in [0, 0.1) is 11.6 Å². The normalized spacial score (nSPS) is 12.8. The standard InChI is InChI=1S/C11H14F2OS/c1-15-6-5-8(14)7-9-10(12)3-2-4-11(9)13/h2-4,8,14H,5-7H2,1H3. The molecule has 0 amide bonds. The summed E-state index contributed by atoms with van der Waals surface area (Å²) in [6, 6.07) is 3.74. The molecule has 15 heavy (non-hydrogen) atoms. The van der Waals surface area contributed by atoms with Crippen molar-refractivity contribution in [3.63, 3.8) is 0 Å². The van der Waals surface area contributed by atoms with Crippen LogP contribution in [0.3, 0.4) is 0 Å². The molecule has 1 rings (SSSR count). The molecule has 0 spiro atoms. The Labute approximate surface area is 92.5 Å². The van der Waals surface area contributed by atoms with E-state index in [-0.39, 0.29) is 12.0 Å². The van der Waals surface area contributed by atoms with Crippen molar-refractivity contribution in [2.75, 3.05) is 12.0 Å². The molecular weight excluding hydrogens is 218 g/mol. The van der Waals surface area contributed by atoms with Crippen LogP contribution in [0.15, 0.2) is 18.2 Å². The number of halogens is 2. The van der Waals surface area contributed by atoms with Gasteiger partial charge in [-0.25, -0.2) is 8.78 Å². The molecule has 0 heterocycles. The van der Waals surface area contributed by atoms with Crippen LogP contribution in [0.1, 0.15) is 12.0 Å². The van der Waals surface area contributed by atoms with Gasteiger partial charge < -0.3 is 5.11 Å². The SMILES string of the molecule is CSCCC(O)Cc1c(F)cccc1F. The molecule has 1 aromatic carbocycles. The first-order valence-electron chi connectivity index (χ1n) is 4.75. The summed E-state index contributed by atoms with van der Waals surface area (Å²) in [6.07, 6.45) is 1.84. The van der Waals surface area contributed by atoms with Gasteiger partial charge in [0.25, 0.3) is 0 Å². The number of aliphatic hydroxyl groups is 1. The molecule has 1 atom stereocenters. The number of thioether (sulfide) groups is 1. The second-order valence-corrected chi connectivity index (χ2v) is 4.33. The molecule has 0 bridgehead atoms. The van der Waals surface area contributed by atoms with Gasteiger partial charge in [0.05, 0.1) is 6.10 Å². The van der Waals surface area contributed by atoms with Gasteiger partial charge in [0.2, 0.25) is 0 Å². The van der Waals surface area contributed by atoms with Crippen LogP contribution in [0.25, 0.3) is 0 Å². The molecule has 84 valence electrons. The highest BCUT2D eigenvalue weighted by Gasteiger charge is 2.13. The number of rotatable bonds is 5. The molecule has 0 aliphatic heterocycles. The largest absolute Gasteiger partial charge is 0.393 e. The van der Waals surface area contributed by atoms with Gasteiger partial charge >= 0.3 is 0 Å². The molecule has 0 saturated carbocycles. The van der Waals surface area contributed by atoms with Gasteiger partial charge in [-0.1, -0.05) is 6.07 Å². The molecule has 1 nitrogen and oxygen atoms in total. The van der Waals surface area contributed by atoms with Crippen molar-refractivity contribution in [1.82, 2.24) is 0 Å². The molecule has 0 saturated heterocycles. The number of hydrogen-bond donors (Lipinski definition) is 1. The highest BCUT2D eigenvalue weighted by atomic mass is 32.2. The van der Waals surface area contributed by atoms with Gasteiger partial charge in [-0.2, -0.15) is 11.8 Å². The maximum atomic E-state index is 13.2. The maximum Gasteiger partial charge on any atom is 0.129 e. The Morgan fingerprint density at radius 1 is 1.33 bits per heavy atom. The third kappa shape index (κ3) is 3.80. The molecule has 0 aliphatic rings. The fourth-order valence-corrected chi connectivity index (χ4v) is 1.83. The van der Waals surface area contributed by atoms with E-state index in [2.05, 4.69) is 0 Å². The minimum atomic E-state index is -0.677. The van der Waals surface area contributed by atoms with Crippen molar-refractivity contribution < 1.29 is 13.9 Å². The quantitative estimate of drug-likeness (QED) is 0.842. The molecule has 0 radical (unpaired) electrons. The van der Waals surface area contributed by atoms with E-state index in [4.69, 9.17) is 0 Å². The topological polar surface area (TPSA) is 20.2 Å². The second kappa shape index (κ2) is 6.08. The zero-order valence-corrected chi connectivity index (χ0v) is 9.36. The monoisotopic (exact) mass is 232 g/mol. The summed E-state index contributed by atoms with van der Waals surface area (Å²) in [5, 5.41) is 9.54. The third-order valence-corrected chi connectivity index (χ3v) is 2.80. The lowest BCUT2D eigenvalue weighted by atomic mass is 10.1. The first-order chi connectivity index (χ1) is 7.15. The minimum Gasteiger partial charge on any atom is -0.393 e. The fraction of sp³-hybridized carbons (Fsp3) is 0.455. The average molecular weight is 232 g/mol. The number of aliphatic hydroxyl groups excluding tert-OH is 1. The van der Waals surface area contributed by atoms with Gasteiger partial charge in [-0.3, -0.25) is 0 Å². The van der Waals surface area contributed by atoms with E-state index in [1.807, 2.05) is 6.26 Å². The van der Waals surface area contributed by atoms with Crippen molar-refractivity contribution in [2.45, 2.75) is 18.9 Å². The van der Waals surface area contributed by atoms with Crippen LogP contribution in [-0.4, -0.2) is 23.2 Å². The van der Waals surface area contributed by atoms with Gasteiger partial charge in [-0.05, 0) is 30.6 Å². The zero-order chi connectivity index (χ0) is 11.3. The minimum absolute atomic E-state index is 0.0221. The van der Waals surface area contributed by atoms with E-state index in [9.17, 15) is 13.9 Å². The van der Waals surface area contributed by atoms with E-state index in [0.29, 0.717) is 6.42 Å². The van der Waals surface area contributed by atoms with E-state index in [1.165, 1.54) is 18.2 Å². The zero-order valence-electron chi connectivity index (χ0n) is 8.54. The van der Waals surface area contributed by atoms with Crippen LogP contribution >= 0.6 is 11.8 Å². The predicted octanol–water partition coefficient (Wildman–Crippen LogP) is 2.62. The van der Waals surface area contributed by atoms with Gasteiger partial charge in [0, 0.05) is 12.0 Å². The molecule has 4 heteroatoms. The smallest absolute Gasteiger partial charge is 0.129 e. The maximum absolute atomic E-state index is 13.2. The Hall–Kier alpha value is -0.610. The van der Waals surface area contributed by atoms with Crippen molar-refractivity contribution in [3.8, 4) is 0 Å². The lowest BCUT2D eigenvalue weighted by molar-refractivity contribution is 0.169. The van der Waals surface area contributed by atoms with Gasteiger partial charge in [0.15, 0.2) is 0 Å². The van der Waals surface area contributed by atoms with Crippen molar-refractivity contribution >= 4 is 11.8 Å². The van der Waals surface area contributed by atoms with E-state index in [0.717, 1.165) is 5.75 Å². The Morgan fingerprint density at radius 3 is 2.47 bits per heavy atom. The summed E-state index contributed by atoms with van der Waals surface area (Å²) >= 11 is 1.60. The highest BCUT2D eigenvalue weighted by molar-refractivity contribution is 7.98. The predicted molar refractivity (Wildman–Crippen MR) is 59.1 cm³/mol. The fourth-order valence-electron chi connectivity index (χ4n) is 1.32. The van der Waals surface area contributed by atoms with Crippen LogP contribution < -0.4 is 0 Å². The first kappa shape index (κ1) is 12.5. The lowest BCUT2D eigenvalue weighted by Crippen LogP contribution is -2.13. The number of hydrogen-bond acceptors (Lipinski definition) is 2. The first-order valence-corrected chi connectivity index (χ1v) is 6.14. The Morgan fingerprint density at radius 2 is 1.93 bits per heavy atom. The highest BCUT2D eigenvalue weighted by Crippen LogP contribution is 2.15. The van der Waals surface area contributed by atoms with Crippen LogP contribution in [-0.2, 0) is 6.42 Å². The molecule has 1 aromatic rings. The van der Waals surface area contributed by atoms with E-state index in [1.54, 1.807) is 11.8 Å². The Bertz CT molecular complexity index is 297. The lowest BCUT2D eigenvalue weighted by Gasteiger charge is -2.10.